The zero-order valence-electron chi connectivity index (χ0n) is 16.0. The van der Waals surface area contributed by atoms with Gasteiger partial charge in [0.05, 0.1) is 23.2 Å². The van der Waals surface area contributed by atoms with Crippen molar-refractivity contribution in [2.45, 2.75) is 25.7 Å². The number of carbonyl (C=O) groups is 1. The fraction of sp³-hybridized carbons (Fsp3) is 0.364. The number of aliphatic carboxylic acids is 1. The molecule has 5 nitrogen and oxygen atoms in total. The van der Waals surface area contributed by atoms with E-state index in [1.54, 1.807) is 35.6 Å². The van der Waals surface area contributed by atoms with Crippen molar-refractivity contribution in [3.8, 4) is 5.75 Å². The van der Waals surface area contributed by atoms with E-state index >= 15 is 0 Å². The SMILES string of the molecule is O=C(O)Cc1cccc(OCCC2CCN(c3nc4ccc(F)cc4s3)CC2)c1. The first-order chi connectivity index (χ1) is 14.1. The zero-order chi connectivity index (χ0) is 20.2. The van der Waals surface area contributed by atoms with Crippen molar-refractivity contribution in [3.05, 3.63) is 53.8 Å². The molecule has 2 heterocycles. The van der Waals surface area contributed by atoms with E-state index in [1.165, 1.54) is 6.07 Å². The molecule has 0 bridgehead atoms. The fourth-order valence-electron chi connectivity index (χ4n) is 3.70. The van der Waals surface area contributed by atoms with Gasteiger partial charge in [0.2, 0.25) is 0 Å². The number of rotatable bonds is 7. The second-order valence-corrected chi connectivity index (χ2v) is 8.40. The molecule has 152 valence electrons. The Balaban J connectivity index is 1.25. The second-order valence-electron chi connectivity index (χ2n) is 7.39. The molecule has 1 fully saturated rings. The number of fused-ring (bicyclic) bond motifs is 1. The Morgan fingerprint density at radius 2 is 2.07 bits per heavy atom. The van der Waals surface area contributed by atoms with Crippen LogP contribution in [0.4, 0.5) is 9.52 Å². The predicted molar refractivity (Wildman–Crippen MR) is 112 cm³/mol. The number of hydrogen-bond acceptors (Lipinski definition) is 5. The number of anilines is 1. The monoisotopic (exact) mass is 414 g/mol. The molecule has 0 atom stereocenters. The molecule has 0 saturated carbocycles. The van der Waals surface area contributed by atoms with Crippen LogP contribution in [-0.4, -0.2) is 35.8 Å². The number of piperidine rings is 1. The first kappa shape index (κ1) is 19.6. The lowest BCUT2D eigenvalue weighted by molar-refractivity contribution is -0.136. The van der Waals surface area contributed by atoms with Gasteiger partial charge in [-0.15, -0.1) is 0 Å². The third-order valence-corrected chi connectivity index (χ3v) is 6.35. The summed E-state index contributed by atoms with van der Waals surface area (Å²) in [5.41, 5.74) is 1.60. The molecule has 0 spiro atoms. The summed E-state index contributed by atoms with van der Waals surface area (Å²) in [4.78, 5) is 17.8. The predicted octanol–water partition coefficient (Wildman–Crippen LogP) is 4.75. The average molecular weight is 415 g/mol. The van der Waals surface area contributed by atoms with Gasteiger partial charge in [0.15, 0.2) is 5.13 Å². The first-order valence-corrected chi connectivity index (χ1v) is 10.6. The van der Waals surface area contributed by atoms with Crippen molar-refractivity contribution < 1.29 is 19.0 Å². The molecule has 29 heavy (non-hydrogen) atoms. The van der Waals surface area contributed by atoms with Crippen molar-refractivity contribution in [3.63, 3.8) is 0 Å². The normalized spacial score (nSPS) is 15.0. The summed E-state index contributed by atoms with van der Waals surface area (Å²) in [6.07, 6.45) is 3.13. The molecule has 1 aliphatic heterocycles. The number of carboxylic acid groups (broad SMARTS) is 1. The number of benzene rings is 2. The highest BCUT2D eigenvalue weighted by atomic mass is 32.1. The van der Waals surface area contributed by atoms with E-state index in [1.807, 2.05) is 12.1 Å². The van der Waals surface area contributed by atoms with Crippen LogP contribution in [0.5, 0.6) is 5.75 Å². The number of ether oxygens (including phenoxy) is 1. The Kier molecular flexibility index (Phi) is 5.94. The van der Waals surface area contributed by atoms with Gasteiger partial charge in [0.1, 0.15) is 11.6 Å². The molecule has 3 aromatic rings. The van der Waals surface area contributed by atoms with Crippen molar-refractivity contribution in [1.29, 1.82) is 0 Å². The van der Waals surface area contributed by atoms with E-state index < -0.39 is 5.97 Å². The van der Waals surface area contributed by atoms with Crippen LogP contribution >= 0.6 is 11.3 Å². The van der Waals surface area contributed by atoms with Crippen LogP contribution in [-0.2, 0) is 11.2 Å². The summed E-state index contributed by atoms with van der Waals surface area (Å²) >= 11 is 1.55. The van der Waals surface area contributed by atoms with E-state index in [0.717, 1.165) is 59.0 Å². The standard InChI is InChI=1S/C22H23FN2O3S/c23-17-4-5-19-20(14-17)29-22(24-19)25-9-6-15(7-10-25)8-11-28-18-3-1-2-16(12-18)13-21(26)27/h1-5,12,14-15H,6-11,13H2,(H,26,27). The molecule has 0 aliphatic carbocycles. The molecule has 1 N–H and O–H groups in total. The van der Waals surface area contributed by atoms with Crippen LogP contribution in [0.3, 0.4) is 0 Å². The van der Waals surface area contributed by atoms with Crippen LogP contribution in [0.15, 0.2) is 42.5 Å². The summed E-state index contributed by atoms with van der Waals surface area (Å²) < 4.78 is 20.1. The van der Waals surface area contributed by atoms with Gasteiger partial charge in [-0.3, -0.25) is 4.79 Å². The van der Waals surface area contributed by atoms with Gasteiger partial charge >= 0.3 is 5.97 Å². The third kappa shape index (κ3) is 5.03. The lowest BCUT2D eigenvalue weighted by atomic mass is 9.94. The summed E-state index contributed by atoms with van der Waals surface area (Å²) in [6, 6.07) is 12.0. The first-order valence-electron chi connectivity index (χ1n) is 9.81. The maximum atomic E-state index is 13.4. The number of halogens is 1. The topological polar surface area (TPSA) is 62.7 Å². The Morgan fingerprint density at radius 3 is 2.86 bits per heavy atom. The van der Waals surface area contributed by atoms with E-state index in [-0.39, 0.29) is 12.2 Å². The van der Waals surface area contributed by atoms with E-state index in [2.05, 4.69) is 9.88 Å². The lowest BCUT2D eigenvalue weighted by Crippen LogP contribution is -2.34. The molecule has 0 unspecified atom stereocenters. The number of nitrogens with zero attached hydrogens (tertiary/aromatic N) is 2. The van der Waals surface area contributed by atoms with Gasteiger partial charge in [-0.05, 0) is 61.1 Å². The fourth-order valence-corrected chi connectivity index (χ4v) is 4.74. The van der Waals surface area contributed by atoms with Crippen LogP contribution in [0, 0.1) is 11.7 Å². The van der Waals surface area contributed by atoms with Gasteiger partial charge in [0.25, 0.3) is 0 Å². The summed E-state index contributed by atoms with van der Waals surface area (Å²) in [5, 5.41) is 9.86. The molecular formula is C22H23FN2O3S. The average Bonchev–Trinajstić information content (AvgIpc) is 3.11. The Labute approximate surface area is 172 Å². The van der Waals surface area contributed by atoms with Crippen LogP contribution < -0.4 is 9.64 Å². The molecule has 7 heteroatoms. The van der Waals surface area contributed by atoms with E-state index in [0.29, 0.717) is 12.5 Å². The largest absolute Gasteiger partial charge is 0.494 e. The Bertz CT molecular complexity index is 999. The minimum absolute atomic E-state index is 0.00800. The van der Waals surface area contributed by atoms with Crippen LogP contribution in [0.2, 0.25) is 0 Å². The molecule has 0 amide bonds. The number of carboxylic acids is 1. The van der Waals surface area contributed by atoms with Crippen LogP contribution in [0.1, 0.15) is 24.8 Å². The Hall–Kier alpha value is -2.67. The molecular weight excluding hydrogens is 391 g/mol. The molecule has 2 aromatic carbocycles. The van der Waals surface area contributed by atoms with E-state index in [4.69, 9.17) is 9.84 Å². The highest BCUT2D eigenvalue weighted by Gasteiger charge is 2.21. The van der Waals surface area contributed by atoms with Crippen molar-refractivity contribution in [2.75, 3.05) is 24.6 Å². The summed E-state index contributed by atoms with van der Waals surface area (Å²) in [7, 11) is 0. The number of hydrogen-bond donors (Lipinski definition) is 1. The zero-order valence-corrected chi connectivity index (χ0v) is 16.8. The quantitative estimate of drug-likeness (QED) is 0.605. The molecule has 1 aromatic heterocycles. The van der Waals surface area contributed by atoms with Gasteiger partial charge in [0, 0.05) is 13.1 Å². The maximum Gasteiger partial charge on any atom is 0.307 e. The Morgan fingerprint density at radius 1 is 1.24 bits per heavy atom. The van der Waals surface area contributed by atoms with Crippen molar-refractivity contribution in [2.24, 2.45) is 5.92 Å². The van der Waals surface area contributed by atoms with E-state index in [9.17, 15) is 9.18 Å². The highest BCUT2D eigenvalue weighted by molar-refractivity contribution is 7.22. The molecule has 1 aliphatic rings. The van der Waals surface area contributed by atoms with Gasteiger partial charge in [-0.25, -0.2) is 9.37 Å². The van der Waals surface area contributed by atoms with Crippen molar-refractivity contribution in [1.82, 2.24) is 4.98 Å². The molecule has 4 rings (SSSR count). The third-order valence-electron chi connectivity index (χ3n) is 5.27. The smallest absolute Gasteiger partial charge is 0.307 e. The highest BCUT2D eigenvalue weighted by Crippen LogP contribution is 2.32. The van der Waals surface area contributed by atoms with Gasteiger partial charge in [-0.2, -0.15) is 0 Å². The summed E-state index contributed by atoms with van der Waals surface area (Å²) in [5.74, 6) is 0.259. The van der Waals surface area contributed by atoms with Gasteiger partial charge in [-0.1, -0.05) is 23.5 Å². The van der Waals surface area contributed by atoms with Gasteiger partial charge < -0.3 is 14.7 Å². The minimum Gasteiger partial charge on any atom is -0.494 e. The number of thiazole rings is 1. The molecule has 1 saturated heterocycles. The molecule has 0 radical (unpaired) electrons. The second kappa shape index (κ2) is 8.78. The lowest BCUT2D eigenvalue weighted by Gasteiger charge is -2.31. The van der Waals surface area contributed by atoms with Crippen molar-refractivity contribution >= 4 is 32.7 Å². The summed E-state index contributed by atoms with van der Waals surface area (Å²) in [6.45, 7) is 2.52. The minimum atomic E-state index is -0.841. The van der Waals surface area contributed by atoms with Crippen LogP contribution in [0.25, 0.3) is 10.2 Å². The maximum absolute atomic E-state index is 13.4. The number of aromatic nitrogens is 1.